The van der Waals surface area contributed by atoms with Gasteiger partial charge in [0.05, 0.1) is 14.5 Å². The first-order valence-corrected chi connectivity index (χ1v) is 6.45. The first-order chi connectivity index (χ1) is 8.06. The van der Waals surface area contributed by atoms with Gasteiger partial charge >= 0.3 is 0 Å². The zero-order valence-corrected chi connectivity index (χ0v) is 12.1. The van der Waals surface area contributed by atoms with Crippen molar-refractivity contribution in [1.82, 2.24) is 4.98 Å². The summed E-state index contributed by atoms with van der Waals surface area (Å²) in [5.41, 5.74) is 1.94. The molecule has 5 heteroatoms. The van der Waals surface area contributed by atoms with Crippen LogP contribution in [0.5, 0.6) is 0 Å². The van der Waals surface area contributed by atoms with Crippen molar-refractivity contribution in [1.29, 1.82) is 0 Å². The molecule has 0 fully saturated rings. The zero-order valence-electron chi connectivity index (χ0n) is 8.97. The lowest BCUT2D eigenvalue weighted by Gasteiger charge is -2.08. The molecule has 0 saturated carbocycles. The Hall–Kier alpha value is -0.770. The number of pyridine rings is 1. The van der Waals surface area contributed by atoms with Crippen LogP contribution in [-0.2, 0) is 0 Å². The Morgan fingerprint density at radius 3 is 2.59 bits per heavy atom. The number of hydrogen-bond acceptors (Lipinski definition) is 2. The van der Waals surface area contributed by atoms with Crippen molar-refractivity contribution in [3.05, 3.63) is 50.5 Å². The number of benzene rings is 1. The van der Waals surface area contributed by atoms with Gasteiger partial charge < -0.3 is 5.32 Å². The fourth-order valence-corrected chi connectivity index (χ4v) is 2.20. The third-order valence-corrected chi connectivity index (χ3v) is 3.50. The summed E-state index contributed by atoms with van der Waals surface area (Å²) in [6, 6.07) is 7.35. The Bertz CT molecular complexity index is 558. The van der Waals surface area contributed by atoms with E-state index in [2.05, 4.69) is 26.2 Å². The van der Waals surface area contributed by atoms with E-state index in [1.807, 2.05) is 19.1 Å². The van der Waals surface area contributed by atoms with Crippen LogP contribution >= 0.6 is 39.1 Å². The van der Waals surface area contributed by atoms with Gasteiger partial charge in [-0.15, -0.1) is 0 Å². The summed E-state index contributed by atoms with van der Waals surface area (Å²) in [6.07, 6.45) is 1.80. The SMILES string of the molecule is Cc1cnc(Nc2ccc(Cl)c(Cl)c2)c(Br)c1. The van der Waals surface area contributed by atoms with E-state index in [1.54, 1.807) is 18.3 Å². The highest BCUT2D eigenvalue weighted by Gasteiger charge is 2.04. The van der Waals surface area contributed by atoms with Gasteiger partial charge in [-0.2, -0.15) is 0 Å². The molecule has 2 nitrogen and oxygen atoms in total. The summed E-state index contributed by atoms with van der Waals surface area (Å²) in [7, 11) is 0. The number of aryl methyl sites for hydroxylation is 1. The third-order valence-electron chi connectivity index (χ3n) is 2.16. The molecule has 0 unspecified atom stereocenters. The molecule has 2 rings (SSSR count). The van der Waals surface area contributed by atoms with Gasteiger partial charge in [0.25, 0.3) is 0 Å². The van der Waals surface area contributed by atoms with E-state index in [9.17, 15) is 0 Å². The number of halogens is 3. The van der Waals surface area contributed by atoms with Gasteiger partial charge in [0.1, 0.15) is 5.82 Å². The van der Waals surface area contributed by atoms with E-state index in [0.717, 1.165) is 21.5 Å². The minimum atomic E-state index is 0.514. The summed E-state index contributed by atoms with van der Waals surface area (Å²) in [5, 5.41) is 4.22. The summed E-state index contributed by atoms with van der Waals surface area (Å²) < 4.78 is 0.906. The van der Waals surface area contributed by atoms with Crippen LogP contribution in [0.4, 0.5) is 11.5 Å². The first-order valence-electron chi connectivity index (χ1n) is 4.90. The lowest BCUT2D eigenvalue weighted by molar-refractivity contribution is 1.24. The smallest absolute Gasteiger partial charge is 0.144 e. The van der Waals surface area contributed by atoms with Crippen LogP contribution in [0.15, 0.2) is 34.9 Å². The molecule has 1 N–H and O–H groups in total. The van der Waals surface area contributed by atoms with Gasteiger partial charge in [0.15, 0.2) is 0 Å². The molecule has 1 aromatic carbocycles. The molecule has 0 saturated heterocycles. The molecule has 0 radical (unpaired) electrons. The van der Waals surface area contributed by atoms with Gasteiger partial charge in [-0.1, -0.05) is 23.2 Å². The van der Waals surface area contributed by atoms with Crippen LogP contribution < -0.4 is 5.32 Å². The highest BCUT2D eigenvalue weighted by Crippen LogP contribution is 2.29. The summed E-state index contributed by atoms with van der Waals surface area (Å²) in [6.45, 7) is 1.99. The van der Waals surface area contributed by atoms with Gasteiger partial charge in [-0.3, -0.25) is 0 Å². The highest BCUT2D eigenvalue weighted by molar-refractivity contribution is 9.10. The standard InChI is InChI=1S/C12H9BrCl2N2/c1-7-4-9(13)12(16-6-7)17-8-2-3-10(14)11(15)5-8/h2-6H,1H3,(H,16,17). The Morgan fingerprint density at radius 1 is 1.18 bits per heavy atom. The summed E-state index contributed by atoms with van der Waals surface area (Å²) in [4.78, 5) is 4.29. The molecule has 0 aliphatic heterocycles. The lowest BCUT2D eigenvalue weighted by atomic mass is 10.3. The molecule has 88 valence electrons. The molecule has 0 atom stereocenters. The molecular weight excluding hydrogens is 323 g/mol. The maximum atomic E-state index is 5.94. The molecule has 0 amide bonds. The molecule has 1 heterocycles. The average molecular weight is 332 g/mol. The zero-order chi connectivity index (χ0) is 12.4. The number of rotatable bonds is 2. The summed E-state index contributed by atoms with van der Waals surface area (Å²) in [5.74, 6) is 0.744. The van der Waals surface area contributed by atoms with E-state index in [4.69, 9.17) is 23.2 Å². The second kappa shape index (κ2) is 5.25. The van der Waals surface area contributed by atoms with Crippen molar-refractivity contribution >= 4 is 50.6 Å². The molecule has 1 aromatic heterocycles. The average Bonchev–Trinajstić information content (AvgIpc) is 2.27. The fraction of sp³-hybridized carbons (Fsp3) is 0.0833. The number of hydrogen-bond donors (Lipinski definition) is 1. The van der Waals surface area contributed by atoms with Gasteiger partial charge in [-0.05, 0) is 52.7 Å². The quantitative estimate of drug-likeness (QED) is 0.817. The van der Waals surface area contributed by atoms with Crippen LogP contribution in [0.2, 0.25) is 10.0 Å². The van der Waals surface area contributed by atoms with Crippen LogP contribution in [0.25, 0.3) is 0 Å². The van der Waals surface area contributed by atoms with Crippen molar-refractivity contribution in [2.24, 2.45) is 0 Å². The highest BCUT2D eigenvalue weighted by atomic mass is 79.9. The molecule has 0 aliphatic carbocycles. The second-order valence-electron chi connectivity index (χ2n) is 3.60. The lowest BCUT2D eigenvalue weighted by Crippen LogP contribution is -1.95. The first kappa shape index (κ1) is 12.7. The minimum Gasteiger partial charge on any atom is -0.339 e. The Balaban J connectivity index is 2.28. The van der Waals surface area contributed by atoms with E-state index in [1.165, 1.54) is 0 Å². The predicted molar refractivity (Wildman–Crippen MR) is 76.4 cm³/mol. The molecule has 0 bridgehead atoms. The predicted octanol–water partition coefficient (Wildman–Crippen LogP) is 5.20. The van der Waals surface area contributed by atoms with Crippen LogP contribution in [-0.4, -0.2) is 4.98 Å². The maximum Gasteiger partial charge on any atom is 0.144 e. The van der Waals surface area contributed by atoms with Crippen LogP contribution in [0.3, 0.4) is 0 Å². The molecule has 0 spiro atoms. The molecule has 17 heavy (non-hydrogen) atoms. The Labute approximate surface area is 118 Å². The van der Waals surface area contributed by atoms with Crippen molar-refractivity contribution in [3.8, 4) is 0 Å². The number of nitrogens with zero attached hydrogens (tertiary/aromatic N) is 1. The van der Waals surface area contributed by atoms with Crippen molar-refractivity contribution in [3.63, 3.8) is 0 Å². The normalized spacial score (nSPS) is 10.4. The number of aromatic nitrogens is 1. The molecular formula is C12H9BrCl2N2. The van der Waals surface area contributed by atoms with Crippen LogP contribution in [0, 0.1) is 6.92 Å². The topological polar surface area (TPSA) is 24.9 Å². The van der Waals surface area contributed by atoms with E-state index in [-0.39, 0.29) is 0 Å². The van der Waals surface area contributed by atoms with Gasteiger partial charge in [-0.25, -0.2) is 4.98 Å². The second-order valence-corrected chi connectivity index (χ2v) is 5.27. The summed E-state index contributed by atoms with van der Waals surface area (Å²) >= 11 is 15.2. The van der Waals surface area contributed by atoms with Crippen LogP contribution in [0.1, 0.15) is 5.56 Å². The van der Waals surface area contributed by atoms with E-state index < -0.39 is 0 Å². The van der Waals surface area contributed by atoms with E-state index in [0.29, 0.717) is 10.0 Å². The third kappa shape index (κ3) is 3.12. The van der Waals surface area contributed by atoms with Crippen molar-refractivity contribution < 1.29 is 0 Å². The Kier molecular flexibility index (Phi) is 3.92. The maximum absolute atomic E-state index is 5.94. The van der Waals surface area contributed by atoms with Gasteiger partial charge in [0, 0.05) is 11.9 Å². The van der Waals surface area contributed by atoms with Gasteiger partial charge in [0.2, 0.25) is 0 Å². The van der Waals surface area contributed by atoms with Crippen molar-refractivity contribution in [2.75, 3.05) is 5.32 Å². The largest absolute Gasteiger partial charge is 0.339 e. The molecule has 0 aliphatic rings. The number of anilines is 2. The van der Waals surface area contributed by atoms with Crippen molar-refractivity contribution in [2.45, 2.75) is 6.92 Å². The number of nitrogens with one attached hydrogen (secondary N) is 1. The Morgan fingerprint density at radius 2 is 1.94 bits per heavy atom. The monoisotopic (exact) mass is 330 g/mol. The molecule has 2 aromatic rings. The fourth-order valence-electron chi connectivity index (χ4n) is 1.34. The van der Waals surface area contributed by atoms with E-state index >= 15 is 0 Å². The minimum absolute atomic E-state index is 0.514.